The first-order valence-corrected chi connectivity index (χ1v) is 6.48. The molecular weight excluding hydrogens is 268 g/mol. The number of rotatable bonds is 3. The van der Waals surface area contributed by atoms with Gasteiger partial charge in [-0.25, -0.2) is 9.59 Å². The average Bonchev–Trinajstić information content (AvgIpc) is 2.39. The Bertz CT molecular complexity index is 845. The third-order valence-corrected chi connectivity index (χ3v) is 3.69. The number of aliphatic imine (C=N–C) groups is 1. The summed E-state index contributed by atoms with van der Waals surface area (Å²) in [5.74, 6) is 0. The van der Waals surface area contributed by atoms with Crippen molar-refractivity contribution in [3.05, 3.63) is 36.4 Å². The molecule has 19 heavy (non-hydrogen) atoms. The van der Waals surface area contributed by atoms with Crippen molar-refractivity contribution in [2.24, 2.45) is 9.39 Å². The van der Waals surface area contributed by atoms with Crippen LogP contribution in [-0.2, 0) is 19.6 Å². The standard InChI is InChI=1S/C12H6N2O4S/c15-7-13-11-5-1-4-10-9(11)3-2-6-12(10)19(17,18)14-8-16/h1-6H. The third-order valence-electron chi connectivity index (χ3n) is 2.46. The minimum atomic E-state index is -4.11. The van der Waals surface area contributed by atoms with E-state index in [2.05, 4.69) is 9.39 Å². The molecule has 0 N–H and O–H groups in total. The van der Waals surface area contributed by atoms with Crippen LogP contribution < -0.4 is 0 Å². The number of sulfonamides is 1. The van der Waals surface area contributed by atoms with Crippen molar-refractivity contribution in [3.63, 3.8) is 0 Å². The zero-order valence-corrected chi connectivity index (χ0v) is 10.2. The lowest BCUT2D eigenvalue weighted by molar-refractivity contribution is 0.563. The smallest absolute Gasteiger partial charge is 0.211 e. The Morgan fingerprint density at radius 2 is 1.58 bits per heavy atom. The molecule has 0 unspecified atom stereocenters. The fraction of sp³-hybridized carbons (Fsp3) is 0. The zero-order chi connectivity index (χ0) is 13.9. The van der Waals surface area contributed by atoms with E-state index in [0.717, 1.165) is 6.08 Å². The van der Waals surface area contributed by atoms with E-state index in [0.29, 0.717) is 16.5 Å². The van der Waals surface area contributed by atoms with Crippen LogP contribution in [0.15, 0.2) is 50.7 Å². The molecule has 0 aliphatic carbocycles. The molecule has 0 aliphatic heterocycles. The molecule has 7 heteroatoms. The Balaban J connectivity index is 2.90. The highest BCUT2D eigenvalue weighted by molar-refractivity contribution is 7.90. The number of hydrogen-bond acceptors (Lipinski definition) is 5. The summed E-state index contributed by atoms with van der Waals surface area (Å²) in [6.07, 6.45) is 2.41. The number of isocyanates is 2. The van der Waals surface area contributed by atoms with E-state index in [1.54, 1.807) is 18.2 Å². The number of hydrogen-bond donors (Lipinski definition) is 0. The van der Waals surface area contributed by atoms with Crippen LogP contribution in [0.4, 0.5) is 5.69 Å². The van der Waals surface area contributed by atoms with Gasteiger partial charge in [-0.1, -0.05) is 28.7 Å². The quantitative estimate of drug-likeness (QED) is 0.630. The van der Waals surface area contributed by atoms with Gasteiger partial charge < -0.3 is 0 Å². The minimum absolute atomic E-state index is 0.142. The van der Waals surface area contributed by atoms with Crippen molar-refractivity contribution < 1.29 is 18.0 Å². The molecule has 0 spiro atoms. The fourth-order valence-electron chi connectivity index (χ4n) is 1.73. The molecule has 6 nitrogen and oxygen atoms in total. The van der Waals surface area contributed by atoms with E-state index in [-0.39, 0.29) is 4.90 Å². The molecule has 0 aromatic heterocycles. The maximum atomic E-state index is 11.8. The lowest BCUT2D eigenvalue weighted by Crippen LogP contribution is -1.97. The predicted octanol–water partition coefficient (Wildman–Crippen LogP) is 1.83. The predicted molar refractivity (Wildman–Crippen MR) is 67.0 cm³/mol. The maximum Gasteiger partial charge on any atom is 0.293 e. The van der Waals surface area contributed by atoms with E-state index < -0.39 is 10.0 Å². The second kappa shape index (κ2) is 4.96. The molecule has 0 atom stereocenters. The highest BCUT2D eigenvalue weighted by Crippen LogP contribution is 2.30. The molecule has 2 aromatic carbocycles. The van der Waals surface area contributed by atoms with Gasteiger partial charge in [-0.2, -0.15) is 13.4 Å². The first-order chi connectivity index (χ1) is 9.10. The summed E-state index contributed by atoms with van der Waals surface area (Å²) in [6, 6.07) is 9.02. The molecule has 0 fully saturated rings. The molecular formula is C12H6N2O4S. The summed E-state index contributed by atoms with van der Waals surface area (Å²) in [4.78, 5) is 23.8. The highest BCUT2D eigenvalue weighted by Gasteiger charge is 2.17. The van der Waals surface area contributed by atoms with Gasteiger partial charge in [-0.15, -0.1) is 0 Å². The molecule has 0 radical (unpaired) electrons. The van der Waals surface area contributed by atoms with Crippen LogP contribution in [0.5, 0.6) is 0 Å². The first kappa shape index (κ1) is 12.9. The molecule has 0 amide bonds. The van der Waals surface area contributed by atoms with Crippen LogP contribution in [-0.4, -0.2) is 20.6 Å². The van der Waals surface area contributed by atoms with Crippen LogP contribution in [0.1, 0.15) is 0 Å². The molecule has 0 aliphatic rings. The number of fused-ring (bicyclic) bond motifs is 1. The topological polar surface area (TPSA) is 93.0 Å². The van der Waals surface area contributed by atoms with Gasteiger partial charge in [0.05, 0.1) is 10.6 Å². The molecule has 2 rings (SSSR count). The van der Waals surface area contributed by atoms with Crippen LogP contribution >= 0.6 is 0 Å². The Kier molecular flexibility index (Phi) is 3.35. The molecule has 2 aromatic rings. The van der Waals surface area contributed by atoms with E-state index in [4.69, 9.17) is 0 Å². The Hall–Kier alpha value is -2.59. The summed E-state index contributed by atoms with van der Waals surface area (Å²) in [5.41, 5.74) is 0.291. The summed E-state index contributed by atoms with van der Waals surface area (Å²) in [6.45, 7) is 0. The molecule has 0 saturated heterocycles. The van der Waals surface area contributed by atoms with Gasteiger partial charge in [0.15, 0.2) is 0 Å². The van der Waals surface area contributed by atoms with Gasteiger partial charge in [-0.3, -0.25) is 0 Å². The van der Waals surface area contributed by atoms with Gasteiger partial charge in [0.1, 0.15) is 0 Å². The normalized spacial score (nSPS) is 10.5. The largest absolute Gasteiger partial charge is 0.293 e. The summed E-state index contributed by atoms with van der Waals surface area (Å²) >= 11 is 0. The highest BCUT2D eigenvalue weighted by atomic mass is 32.2. The van der Waals surface area contributed by atoms with Gasteiger partial charge in [0.2, 0.25) is 6.08 Å². The molecule has 94 valence electrons. The van der Waals surface area contributed by atoms with Crippen molar-refractivity contribution in [1.82, 2.24) is 0 Å². The third kappa shape index (κ3) is 2.34. The second-order valence-electron chi connectivity index (χ2n) is 3.49. The molecule has 0 bridgehead atoms. The van der Waals surface area contributed by atoms with E-state index in [9.17, 15) is 18.0 Å². The van der Waals surface area contributed by atoms with E-state index in [1.165, 1.54) is 24.3 Å². The van der Waals surface area contributed by atoms with Crippen LogP contribution in [0, 0.1) is 0 Å². The monoisotopic (exact) mass is 274 g/mol. The van der Waals surface area contributed by atoms with Gasteiger partial charge in [-0.05, 0) is 12.1 Å². The summed E-state index contributed by atoms with van der Waals surface area (Å²) < 4.78 is 26.4. The van der Waals surface area contributed by atoms with Crippen molar-refractivity contribution >= 4 is 38.6 Å². The lowest BCUT2D eigenvalue weighted by Gasteiger charge is -2.04. The van der Waals surface area contributed by atoms with Crippen LogP contribution in [0.3, 0.4) is 0 Å². The van der Waals surface area contributed by atoms with E-state index >= 15 is 0 Å². The average molecular weight is 274 g/mol. The Morgan fingerprint density at radius 1 is 0.895 bits per heavy atom. The van der Waals surface area contributed by atoms with Crippen molar-refractivity contribution in [2.75, 3.05) is 0 Å². The minimum Gasteiger partial charge on any atom is -0.211 e. The van der Waals surface area contributed by atoms with Crippen LogP contribution in [0.25, 0.3) is 10.8 Å². The number of nitrogens with zero attached hydrogens (tertiary/aromatic N) is 2. The van der Waals surface area contributed by atoms with Gasteiger partial charge >= 0.3 is 0 Å². The van der Waals surface area contributed by atoms with Crippen molar-refractivity contribution in [3.8, 4) is 0 Å². The maximum absolute atomic E-state index is 11.8. The SMILES string of the molecule is O=C=Nc1cccc2c(S(=O)(=O)N=C=O)cccc12. The second-order valence-corrected chi connectivity index (χ2v) is 5.06. The van der Waals surface area contributed by atoms with Gasteiger partial charge in [0.25, 0.3) is 16.1 Å². The van der Waals surface area contributed by atoms with Crippen LogP contribution in [0.2, 0.25) is 0 Å². The van der Waals surface area contributed by atoms with E-state index in [1.807, 2.05) is 0 Å². The zero-order valence-electron chi connectivity index (χ0n) is 9.40. The fourth-order valence-corrected chi connectivity index (χ4v) is 2.64. The van der Waals surface area contributed by atoms with Crippen molar-refractivity contribution in [2.45, 2.75) is 4.90 Å². The van der Waals surface area contributed by atoms with Gasteiger partial charge in [0, 0.05) is 10.8 Å². The Labute approximate surface area is 108 Å². The van der Waals surface area contributed by atoms with Crippen molar-refractivity contribution in [1.29, 1.82) is 0 Å². The number of benzene rings is 2. The Morgan fingerprint density at radius 3 is 2.26 bits per heavy atom. The summed E-state index contributed by atoms with van der Waals surface area (Å²) in [7, 11) is -4.11. The number of carbonyl (C=O) groups excluding carboxylic acids is 2. The first-order valence-electron chi connectivity index (χ1n) is 5.04. The lowest BCUT2D eigenvalue weighted by atomic mass is 10.1. The molecule has 0 heterocycles. The summed E-state index contributed by atoms with van der Waals surface area (Å²) in [5, 5.41) is 0.769. The molecule has 0 saturated carbocycles.